The van der Waals surface area contributed by atoms with Crippen LogP contribution in [-0.4, -0.2) is 30.1 Å². The molecule has 0 bridgehead atoms. The molecule has 1 amide bonds. The summed E-state index contributed by atoms with van der Waals surface area (Å²) in [7, 11) is 0. The molecule has 1 saturated heterocycles. The van der Waals surface area contributed by atoms with Gasteiger partial charge < -0.3 is 14.8 Å². The van der Waals surface area contributed by atoms with Gasteiger partial charge >= 0.3 is 6.09 Å². The number of benzene rings is 1. The van der Waals surface area contributed by atoms with Crippen LogP contribution in [0.15, 0.2) is 30.3 Å². The monoisotopic (exact) mass is 291 g/mol. The molecule has 21 heavy (non-hydrogen) atoms. The van der Waals surface area contributed by atoms with Crippen molar-refractivity contribution in [1.29, 1.82) is 0 Å². The van der Waals surface area contributed by atoms with Crippen molar-refractivity contribution >= 4 is 11.9 Å². The van der Waals surface area contributed by atoms with Crippen molar-refractivity contribution in [1.82, 2.24) is 5.32 Å². The molecule has 2 atom stereocenters. The Balaban J connectivity index is 2.09. The fourth-order valence-electron chi connectivity index (χ4n) is 2.27. The molecule has 0 aromatic heterocycles. The summed E-state index contributed by atoms with van der Waals surface area (Å²) in [6.07, 6.45) is -0.623. The van der Waals surface area contributed by atoms with Gasteiger partial charge in [0.15, 0.2) is 5.78 Å². The normalized spacial score (nSPS) is 22.7. The predicted molar refractivity (Wildman–Crippen MR) is 77.9 cm³/mol. The summed E-state index contributed by atoms with van der Waals surface area (Å²) in [5.41, 5.74) is 0.359. The molecule has 0 spiro atoms. The van der Waals surface area contributed by atoms with Crippen LogP contribution in [0.4, 0.5) is 4.79 Å². The number of carbonyl (C=O) groups is 2. The summed E-state index contributed by atoms with van der Waals surface area (Å²) < 4.78 is 10.8. The molecule has 1 aromatic rings. The lowest BCUT2D eigenvalue weighted by Gasteiger charge is -2.32. The molecule has 114 valence electrons. The Hall–Kier alpha value is -1.88. The second-order valence-corrected chi connectivity index (χ2v) is 6.14. The number of alkyl carbamates (subject to hydrolysis) is 1. The molecule has 1 aliphatic rings. The van der Waals surface area contributed by atoms with Crippen molar-refractivity contribution in [2.24, 2.45) is 0 Å². The Morgan fingerprint density at radius 3 is 2.57 bits per heavy atom. The van der Waals surface area contributed by atoms with E-state index < -0.39 is 17.7 Å². The van der Waals surface area contributed by atoms with Gasteiger partial charge in [0.1, 0.15) is 18.3 Å². The van der Waals surface area contributed by atoms with Gasteiger partial charge in [-0.2, -0.15) is 0 Å². The van der Waals surface area contributed by atoms with Crippen LogP contribution in [0.3, 0.4) is 0 Å². The molecule has 2 rings (SSSR count). The van der Waals surface area contributed by atoms with Gasteiger partial charge in [0.2, 0.25) is 0 Å². The van der Waals surface area contributed by atoms with Gasteiger partial charge in [-0.3, -0.25) is 4.79 Å². The standard InChI is InChI=1S/C16H21NO4/c1-16(2,3)21-15(19)17-13-9-12(18)10-20-14(13)11-7-5-4-6-8-11/h4-8,13-14H,9-10H2,1-3H3,(H,17,19)/t13-,14+/m0/s1. The van der Waals surface area contributed by atoms with Crippen LogP contribution < -0.4 is 5.32 Å². The minimum Gasteiger partial charge on any atom is -0.444 e. The van der Waals surface area contributed by atoms with Gasteiger partial charge in [0.25, 0.3) is 0 Å². The van der Waals surface area contributed by atoms with Gasteiger partial charge in [-0.25, -0.2) is 4.79 Å². The van der Waals surface area contributed by atoms with E-state index in [1.807, 2.05) is 30.3 Å². The minimum atomic E-state index is -0.578. The average molecular weight is 291 g/mol. The third-order valence-corrected chi connectivity index (χ3v) is 3.07. The number of hydrogen-bond donors (Lipinski definition) is 1. The second-order valence-electron chi connectivity index (χ2n) is 6.14. The summed E-state index contributed by atoms with van der Waals surface area (Å²) in [4.78, 5) is 23.5. The highest BCUT2D eigenvalue weighted by Gasteiger charge is 2.33. The highest BCUT2D eigenvalue weighted by atomic mass is 16.6. The van der Waals surface area contributed by atoms with Gasteiger partial charge in [0.05, 0.1) is 6.04 Å². The summed E-state index contributed by atoms with van der Waals surface area (Å²) in [5, 5.41) is 2.75. The molecule has 1 heterocycles. The van der Waals surface area contributed by atoms with E-state index in [0.717, 1.165) is 5.56 Å². The Morgan fingerprint density at radius 2 is 1.95 bits per heavy atom. The van der Waals surface area contributed by atoms with Crippen molar-refractivity contribution in [3.63, 3.8) is 0 Å². The lowest BCUT2D eigenvalue weighted by Crippen LogP contribution is -2.47. The molecule has 0 aliphatic carbocycles. The Labute approximate surface area is 124 Å². The van der Waals surface area contributed by atoms with Crippen molar-refractivity contribution in [3.05, 3.63) is 35.9 Å². The zero-order valence-electron chi connectivity index (χ0n) is 12.6. The zero-order valence-corrected chi connectivity index (χ0v) is 12.6. The first-order valence-electron chi connectivity index (χ1n) is 7.03. The number of hydrogen-bond acceptors (Lipinski definition) is 4. The van der Waals surface area contributed by atoms with Crippen LogP contribution in [0.1, 0.15) is 38.9 Å². The molecule has 5 nitrogen and oxygen atoms in total. The number of rotatable bonds is 2. The summed E-state index contributed by atoms with van der Waals surface area (Å²) in [6.45, 7) is 5.46. The largest absolute Gasteiger partial charge is 0.444 e. The first-order chi connectivity index (χ1) is 9.85. The molecule has 1 aliphatic heterocycles. The molecule has 5 heteroatoms. The van der Waals surface area contributed by atoms with Gasteiger partial charge in [-0.1, -0.05) is 30.3 Å². The van der Waals surface area contributed by atoms with Crippen molar-refractivity contribution < 1.29 is 19.1 Å². The minimum absolute atomic E-state index is 0.0248. The van der Waals surface area contributed by atoms with E-state index in [2.05, 4.69) is 5.32 Å². The highest BCUT2D eigenvalue weighted by molar-refractivity contribution is 5.82. The van der Waals surface area contributed by atoms with E-state index in [1.54, 1.807) is 20.8 Å². The van der Waals surface area contributed by atoms with Crippen LogP contribution in [0.25, 0.3) is 0 Å². The first-order valence-corrected chi connectivity index (χ1v) is 7.03. The summed E-state index contributed by atoms with van der Waals surface area (Å²) in [5.74, 6) is -0.0248. The van der Waals surface area contributed by atoms with Crippen LogP contribution in [0, 0.1) is 0 Å². The fourth-order valence-corrected chi connectivity index (χ4v) is 2.27. The van der Waals surface area contributed by atoms with Crippen LogP contribution >= 0.6 is 0 Å². The van der Waals surface area contributed by atoms with E-state index in [0.29, 0.717) is 0 Å². The molecule has 0 unspecified atom stereocenters. The maximum absolute atomic E-state index is 11.9. The number of carbonyl (C=O) groups excluding carboxylic acids is 2. The molecule has 0 radical (unpaired) electrons. The van der Waals surface area contributed by atoms with Crippen LogP contribution in [0.2, 0.25) is 0 Å². The molecular weight excluding hydrogens is 270 g/mol. The SMILES string of the molecule is CC(C)(C)OC(=O)N[C@H]1CC(=O)CO[C@@H]1c1ccccc1. The second kappa shape index (κ2) is 6.26. The summed E-state index contributed by atoms with van der Waals surface area (Å²) >= 11 is 0. The number of ether oxygens (including phenoxy) is 2. The van der Waals surface area contributed by atoms with E-state index >= 15 is 0 Å². The van der Waals surface area contributed by atoms with Crippen molar-refractivity contribution in [2.75, 3.05) is 6.61 Å². The topological polar surface area (TPSA) is 64.6 Å². The molecule has 1 aromatic carbocycles. The third-order valence-electron chi connectivity index (χ3n) is 3.07. The average Bonchev–Trinajstić information content (AvgIpc) is 2.37. The predicted octanol–water partition coefficient (Wildman–Crippen LogP) is 2.61. The maximum atomic E-state index is 11.9. The first kappa shape index (κ1) is 15.5. The number of Topliss-reactive ketones (excluding diaryl/α,β-unsaturated/α-hetero) is 1. The quantitative estimate of drug-likeness (QED) is 0.909. The molecule has 0 saturated carbocycles. The molecule has 1 N–H and O–H groups in total. The van der Waals surface area contributed by atoms with E-state index in [-0.39, 0.29) is 24.9 Å². The van der Waals surface area contributed by atoms with E-state index in [4.69, 9.17) is 9.47 Å². The Kier molecular flexibility index (Phi) is 4.63. The Bertz CT molecular complexity index is 507. The Morgan fingerprint density at radius 1 is 1.29 bits per heavy atom. The smallest absolute Gasteiger partial charge is 0.407 e. The van der Waals surface area contributed by atoms with Gasteiger partial charge in [-0.15, -0.1) is 0 Å². The van der Waals surface area contributed by atoms with Gasteiger partial charge in [-0.05, 0) is 26.3 Å². The third kappa shape index (κ3) is 4.56. The van der Waals surface area contributed by atoms with Crippen LogP contribution in [-0.2, 0) is 14.3 Å². The van der Waals surface area contributed by atoms with Crippen molar-refractivity contribution in [2.45, 2.75) is 44.9 Å². The molecular formula is C16H21NO4. The zero-order chi connectivity index (χ0) is 15.5. The highest BCUT2D eigenvalue weighted by Crippen LogP contribution is 2.27. The fraction of sp³-hybridized carbons (Fsp3) is 0.500. The lowest BCUT2D eigenvalue weighted by molar-refractivity contribution is -0.133. The van der Waals surface area contributed by atoms with Crippen molar-refractivity contribution in [3.8, 4) is 0 Å². The maximum Gasteiger partial charge on any atom is 0.407 e. The van der Waals surface area contributed by atoms with E-state index in [9.17, 15) is 9.59 Å². The van der Waals surface area contributed by atoms with Gasteiger partial charge in [0, 0.05) is 6.42 Å². The van der Waals surface area contributed by atoms with E-state index in [1.165, 1.54) is 0 Å². The lowest BCUT2D eigenvalue weighted by atomic mass is 9.95. The molecule has 1 fully saturated rings. The number of nitrogens with one attached hydrogen (secondary N) is 1. The van der Waals surface area contributed by atoms with Crippen LogP contribution in [0.5, 0.6) is 0 Å². The number of ketones is 1. The summed E-state index contributed by atoms with van der Waals surface area (Å²) in [6, 6.07) is 9.14. The number of amides is 1.